The summed E-state index contributed by atoms with van der Waals surface area (Å²) in [4.78, 5) is 5.44. The van der Waals surface area contributed by atoms with Gasteiger partial charge < -0.3 is 4.90 Å². The summed E-state index contributed by atoms with van der Waals surface area (Å²) in [6, 6.07) is 0.825. The van der Waals surface area contributed by atoms with Gasteiger partial charge in [0, 0.05) is 37.6 Å². The predicted octanol–water partition coefficient (Wildman–Crippen LogP) is 4.93. The van der Waals surface area contributed by atoms with Gasteiger partial charge in [-0.15, -0.1) is 0 Å². The number of hydrogen-bond acceptors (Lipinski definition) is 2. The Labute approximate surface area is 139 Å². The van der Waals surface area contributed by atoms with Gasteiger partial charge in [0.25, 0.3) is 0 Å². The highest BCUT2D eigenvalue weighted by molar-refractivity contribution is 5.06. The maximum atomic E-state index is 2.74. The second-order valence-electron chi connectivity index (χ2n) is 8.23. The van der Waals surface area contributed by atoms with E-state index < -0.39 is 0 Å². The molecule has 2 rings (SSSR count). The molecule has 0 aliphatic carbocycles. The third-order valence-corrected chi connectivity index (χ3v) is 5.87. The van der Waals surface area contributed by atoms with E-state index in [2.05, 4.69) is 30.6 Å². The van der Waals surface area contributed by atoms with Crippen LogP contribution in [0.2, 0.25) is 0 Å². The van der Waals surface area contributed by atoms with Crippen molar-refractivity contribution in [2.45, 2.75) is 91.0 Å². The van der Waals surface area contributed by atoms with Crippen LogP contribution < -0.4 is 0 Å². The molecule has 2 fully saturated rings. The standard InChI is InChI=1S/C20H40N2/c1-4-6-8-10-12-14-21-15-20(16-21)17-22(18-20)19(3)13-11-9-7-5-2/h19H,4-18H2,1-3H3. The first kappa shape index (κ1) is 18.3. The Morgan fingerprint density at radius 3 is 2.00 bits per heavy atom. The third kappa shape index (κ3) is 5.23. The van der Waals surface area contributed by atoms with Gasteiger partial charge in [-0.25, -0.2) is 0 Å². The maximum absolute atomic E-state index is 2.74. The van der Waals surface area contributed by atoms with E-state index in [9.17, 15) is 0 Å². The first-order chi connectivity index (χ1) is 10.7. The molecule has 0 aromatic rings. The number of nitrogens with zero attached hydrogens (tertiary/aromatic N) is 2. The minimum Gasteiger partial charge on any atom is -0.302 e. The summed E-state index contributed by atoms with van der Waals surface area (Å²) in [6.45, 7) is 13.9. The highest BCUT2D eigenvalue weighted by atomic mass is 15.3. The molecule has 2 aliphatic rings. The summed E-state index contributed by atoms with van der Waals surface area (Å²) in [5, 5.41) is 0. The zero-order chi connectivity index (χ0) is 15.8. The van der Waals surface area contributed by atoms with E-state index in [1.807, 2.05) is 0 Å². The number of hydrogen-bond donors (Lipinski definition) is 0. The molecule has 2 saturated heterocycles. The van der Waals surface area contributed by atoms with Crippen LogP contribution in [0.15, 0.2) is 0 Å². The van der Waals surface area contributed by atoms with Crippen molar-refractivity contribution >= 4 is 0 Å². The molecule has 2 heteroatoms. The van der Waals surface area contributed by atoms with Crippen LogP contribution in [-0.2, 0) is 0 Å². The molecule has 0 amide bonds. The van der Waals surface area contributed by atoms with Crippen molar-refractivity contribution in [3.8, 4) is 0 Å². The van der Waals surface area contributed by atoms with Gasteiger partial charge in [-0.3, -0.25) is 4.90 Å². The quantitative estimate of drug-likeness (QED) is 0.471. The normalized spacial score (nSPS) is 22.5. The van der Waals surface area contributed by atoms with Crippen LogP contribution in [-0.4, -0.2) is 48.6 Å². The first-order valence-corrected chi connectivity index (χ1v) is 10.2. The van der Waals surface area contributed by atoms with E-state index in [1.165, 1.54) is 96.9 Å². The lowest BCUT2D eigenvalue weighted by atomic mass is 9.72. The molecule has 1 unspecified atom stereocenters. The lowest BCUT2D eigenvalue weighted by molar-refractivity contribution is -0.128. The van der Waals surface area contributed by atoms with Gasteiger partial charge in [-0.2, -0.15) is 0 Å². The molecule has 0 saturated carbocycles. The van der Waals surface area contributed by atoms with Crippen molar-refractivity contribution in [1.82, 2.24) is 9.80 Å². The van der Waals surface area contributed by atoms with Crippen molar-refractivity contribution in [2.75, 3.05) is 32.7 Å². The summed E-state index contributed by atoms with van der Waals surface area (Å²) in [7, 11) is 0. The largest absolute Gasteiger partial charge is 0.302 e. The van der Waals surface area contributed by atoms with E-state index >= 15 is 0 Å². The molecular formula is C20H40N2. The van der Waals surface area contributed by atoms with Gasteiger partial charge in [0.1, 0.15) is 0 Å². The molecule has 2 heterocycles. The van der Waals surface area contributed by atoms with Gasteiger partial charge in [-0.05, 0) is 26.3 Å². The summed E-state index contributed by atoms with van der Waals surface area (Å²) in [6.07, 6.45) is 14.2. The lowest BCUT2D eigenvalue weighted by Gasteiger charge is -2.62. The Bertz CT molecular complexity index is 288. The van der Waals surface area contributed by atoms with Crippen molar-refractivity contribution in [2.24, 2.45) is 5.41 Å². The topological polar surface area (TPSA) is 6.48 Å². The van der Waals surface area contributed by atoms with E-state index in [-0.39, 0.29) is 0 Å². The molecule has 130 valence electrons. The molecule has 1 atom stereocenters. The van der Waals surface area contributed by atoms with Gasteiger partial charge in [0.15, 0.2) is 0 Å². The molecular weight excluding hydrogens is 268 g/mol. The average molecular weight is 309 g/mol. The van der Waals surface area contributed by atoms with Crippen molar-refractivity contribution in [1.29, 1.82) is 0 Å². The second-order valence-corrected chi connectivity index (χ2v) is 8.23. The molecule has 0 radical (unpaired) electrons. The summed E-state index contributed by atoms with van der Waals surface area (Å²) < 4.78 is 0. The molecule has 0 aromatic carbocycles. The maximum Gasteiger partial charge on any atom is 0.0212 e. The molecule has 2 nitrogen and oxygen atoms in total. The first-order valence-electron chi connectivity index (χ1n) is 10.2. The van der Waals surface area contributed by atoms with Crippen molar-refractivity contribution < 1.29 is 0 Å². The molecule has 22 heavy (non-hydrogen) atoms. The molecule has 2 aliphatic heterocycles. The predicted molar refractivity (Wildman–Crippen MR) is 97.4 cm³/mol. The molecule has 1 spiro atoms. The number of rotatable bonds is 12. The molecule has 0 aromatic heterocycles. The van der Waals surface area contributed by atoms with Crippen LogP contribution in [0, 0.1) is 5.41 Å². The highest BCUT2D eigenvalue weighted by Gasteiger charge is 2.51. The van der Waals surface area contributed by atoms with Crippen molar-refractivity contribution in [3.63, 3.8) is 0 Å². The van der Waals surface area contributed by atoms with Crippen LogP contribution in [0.3, 0.4) is 0 Å². The Kier molecular flexibility index (Phi) is 7.70. The van der Waals surface area contributed by atoms with E-state index in [0.29, 0.717) is 5.41 Å². The van der Waals surface area contributed by atoms with Crippen LogP contribution in [0.5, 0.6) is 0 Å². The Morgan fingerprint density at radius 2 is 1.36 bits per heavy atom. The Hall–Kier alpha value is -0.0800. The zero-order valence-electron chi connectivity index (χ0n) is 15.6. The van der Waals surface area contributed by atoms with Gasteiger partial charge in [0.05, 0.1) is 0 Å². The molecule has 0 bridgehead atoms. The summed E-state index contributed by atoms with van der Waals surface area (Å²) >= 11 is 0. The smallest absolute Gasteiger partial charge is 0.0212 e. The Balaban J connectivity index is 1.47. The zero-order valence-corrected chi connectivity index (χ0v) is 15.6. The SMILES string of the molecule is CCCCCCCN1CC2(C1)CN(C(C)CCCCCC)C2. The number of unbranched alkanes of at least 4 members (excludes halogenated alkanes) is 7. The van der Waals surface area contributed by atoms with Gasteiger partial charge in [0.2, 0.25) is 0 Å². The summed E-state index contributed by atoms with van der Waals surface area (Å²) in [5.41, 5.74) is 0.709. The van der Waals surface area contributed by atoms with E-state index in [0.717, 1.165) is 6.04 Å². The molecule has 0 N–H and O–H groups in total. The van der Waals surface area contributed by atoms with Crippen LogP contribution in [0.4, 0.5) is 0 Å². The highest BCUT2D eigenvalue weighted by Crippen LogP contribution is 2.41. The van der Waals surface area contributed by atoms with Gasteiger partial charge in [-0.1, -0.05) is 65.2 Å². The fraction of sp³-hybridized carbons (Fsp3) is 1.00. The fourth-order valence-corrected chi connectivity index (χ4v) is 4.38. The minimum absolute atomic E-state index is 0.709. The van der Waals surface area contributed by atoms with E-state index in [1.54, 1.807) is 0 Å². The Morgan fingerprint density at radius 1 is 0.773 bits per heavy atom. The second kappa shape index (κ2) is 9.27. The van der Waals surface area contributed by atoms with E-state index in [4.69, 9.17) is 0 Å². The lowest BCUT2D eigenvalue weighted by Crippen LogP contribution is -2.73. The fourth-order valence-electron chi connectivity index (χ4n) is 4.38. The summed E-state index contributed by atoms with van der Waals surface area (Å²) in [5.74, 6) is 0. The van der Waals surface area contributed by atoms with Crippen molar-refractivity contribution in [3.05, 3.63) is 0 Å². The average Bonchev–Trinajstić information content (AvgIpc) is 2.43. The monoisotopic (exact) mass is 308 g/mol. The minimum atomic E-state index is 0.709. The van der Waals surface area contributed by atoms with Crippen LogP contribution >= 0.6 is 0 Å². The van der Waals surface area contributed by atoms with Crippen LogP contribution in [0.25, 0.3) is 0 Å². The van der Waals surface area contributed by atoms with Crippen LogP contribution in [0.1, 0.15) is 85.0 Å². The van der Waals surface area contributed by atoms with Gasteiger partial charge >= 0.3 is 0 Å². The number of likely N-dealkylation sites (tertiary alicyclic amines) is 2. The third-order valence-electron chi connectivity index (χ3n) is 5.87.